The summed E-state index contributed by atoms with van der Waals surface area (Å²) >= 11 is 4.80. The fraction of sp³-hybridized carbons (Fsp3) is 0.222. The third-order valence-electron chi connectivity index (χ3n) is 2.05. The highest BCUT2D eigenvalue weighted by Crippen LogP contribution is 2.17. The van der Waals surface area contributed by atoms with E-state index < -0.39 is 30.7 Å². The molecule has 11 heteroatoms. The Morgan fingerprint density at radius 1 is 1.30 bits per heavy atom. The zero-order valence-corrected chi connectivity index (χ0v) is 13.8. The lowest BCUT2D eigenvalue weighted by Gasteiger charge is -2.05. The predicted molar refractivity (Wildman–Crippen MR) is 80.3 cm³/mol. The van der Waals surface area contributed by atoms with Crippen molar-refractivity contribution in [1.29, 1.82) is 0 Å². The average Bonchev–Trinajstić information content (AvgIpc) is 2.36. The van der Waals surface area contributed by atoms with Crippen LogP contribution in [0.3, 0.4) is 0 Å². The predicted octanol–water partition coefficient (Wildman–Crippen LogP) is 0.386. The van der Waals surface area contributed by atoms with Gasteiger partial charge in [-0.2, -0.15) is 8.42 Å². The van der Waals surface area contributed by atoms with Gasteiger partial charge in [0.25, 0.3) is 10.0 Å². The number of nitrogens with two attached hydrogens (primary N) is 1. The Balaban J connectivity index is 3.35. The fourth-order valence-electron chi connectivity index (χ4n) is 1.15. The van der Waals surface area contributed by atoms with Crippen molar-refractivity contribution in [3.8, 4) is 0 Å². The first-order chi connectivity index (χ1) is 9.08. The van der Waals surface area contributed by atoms with Crippen LogP contribution in [0.1, 0.15) is 0 Å². The molecule has 0 bridgehead atoms. The number of nitrogens with zero attached hydrogens (tertiary/aromatic N) is 1. The van der Waals surface area contributed by atoms with Crippen LogP contribution in [0.2, 0.25) is 0 Å². The summed E-state index contributed by atoms with van der Waals surface area (Å²) in [6, 6.07) is 4.63. The molecule has 20 heavy (non-hydrogen) atoms. The Labute approximate surface area is 125 Å². The van der Waals surface area contributed by atoms with E-state index in [4.69, 9.17) is 22.1 Å². The Morgan fingerprint density at radius 2 is 1.85 bits per heavy atom. The van der Waals surface area contributed by atoms with Gasteiger partial charge in [-0.25, -0.2) is 13.6 Å². The van der Waals surface area contributed by atoms with Crippen molar-refractivity contribution >= 4 is 47.3 Å². The van der Waals surface area contributed by atoms with Crippen LogP contribution >= 0.6 is 12.2 Å². The standard InChI is InChI=1S/C9H12N2O5S4/c1-16-9(17)18(2)11-20(14,15)8-5-3-4-7(6-8)19(10,12)13/h3-6H,1-2H3,(H2,10,12,13). The molecule has 0 spiro atoms. The van der Waals surface area contributed by atoms with Gasteiger partial charge in [0.15, 0.2) is 0 Å². The van der Waals surface area contributed by atoms with Crippen molar-refractivity contribution < 1.29 is 21.6 Å². The monoisotopic (exact) mass is 356 g/mol. The van der Waals surface area contributed by atoms with Crippen LogP contribution in [0.15, 0.2) is 37.8 Å². The van der Waals surface area contributed by atoms with Crippen LogP contribution < -0.4 is 5.14 Å². The molecular formula is C9H12N2O5S4. The summed E-state index contributed by atoms with van der Waals surface area (Å²) in [5, 5.41) is 4.95. The van der Waals surface area contributed by atoms with Crippen molar-refractivity contribution in [2.45, 2.75) is 9.79 Å². The molecule has 1 atom stereocenters. The molecule has 112 valence electrons. The van der Waals surface area contributed by atoms with Gasteiger partial charge in [-0.15, -0.1) is 3.77 Å². The molecule has 0 aliphatic carbocycles. The van der Waals surface area contributed by atoms with Crippen LogP contribution in [0.25, 0.3) is 0 Å². The Hall–Kier alpha value is -0.880. The molecule has 7 nitrogen and oxygen atoms in total. The summed E-state index contributed by atoms with van der Waals surface area (Å²) in [6.07, 6.45) is 1.48. The zero-order valence-electron chi connectivity index (χ0n) is 10.5. The molecule has 1 aromatic rings. The topological polar surface area (TPSA) is 116 Å². The highest BCUT2D eigenvalue weighted by Gasteiger charge is 2.17. The first kappa shape index (κ1) is 17.2. The van der Waals surface area contributed by atoms with Crippen molar-refractivity contribution in [2.75, 3.05) is 13.4 Å². The van der Waals surface area contributed by atoms with Gasteiger partial charge in [0.05, 0.1) is 16.9 Å². The molecule has 0 amide bonds. The smallest absolute Gasteiger partial charge is 0.288 e. The number of benzene rings is 1. The average molecular weight is 356 g/mol. The first-order valence-corrected chi connectivity index (χ1v) is 9.91. The maximum absolute atomic E-state index is 12.0. The summed E-state index contributed by atoms with van der Waals surface area (Å²) in [4.78, 5) is -0.582. The number of sulfonamides is 2. The molecule has 1 aromatic carbocycles. The quantitative estimate of drug-likeness (QED) is 0.783. The van der Waals surface area contributed by atoms with Gasteiger partial charge in [-0.1, -0.05) is 6.07 Å². The minimum Gasteiger partial charge on any atom is -0.481 e. The maximum atomic E-state index is 12.0. The van der Waals surface area contributed by atoms with E-state index in [1.165, 1.54) is 31.6 Å². The lowest BCUT2D eigenvalue weighted by molar-refractivity contribution is 0.426. The second-order valence-electron chi connectivity index (χ2n) is 3.50. The van der Waals surface area contributed by atoms with Crippen molar-refractivity contribution in [3.05, 3.63) is 24.3 Å². The molecule has 0 aromatic heterocycles. The van der Waals surface area contributed by atoms with Crippen LogP contribution in [0.5, 0.6) is 0 Å². The molecule has 0 fully saturated rings. The molecule has 1 rings (SSSR count). The number of thiocarbonyl (C=S) groups is 1. The van der Waals surface area contributed by atoms with Gasteiger partial charge in [-0.3, -0.25) is 0 Å². The highest BCUT2D eigenvalue weighted by molar-refractivity contribution is 8.16. The van der Waals surface area contributed by atoms with Crippen molar-refractivity contribution in [1.82, 2.24) is 0 Å². The molecular weight excluding hydrogens is 344 g/mol. The molecule has 0 saturated heterocycles. The molecule has 1 unspecified atom stereocenters. The third kappa shape index (κ3) is 4.31. The molecule has 0 radical (unpaired) electrons. The molecule has 0 heterocycles. The van der Waals surface area contributed by atoms with Gasteiger partial charge in [0.2, 0.25) is 14.4 Å². The normalized spacial score (nSPS) is 13.9. The van der Waals surface area contributed by atoms with Crippen LogP contribution in [0.4, 0.5) is 0 Å². The summed E-state index contributed by atoms with van der Waals surface area (Å²) in [5.74, 6) is 0. The minimum atomic E-state index is -4.05. The van der Waals surface area contributed by atoms with E-state index in [9.17, 15) is 16.8 Å². The number of methoxy groups -OCH3 is 1. The lowest BCUT2D eigenvalue weighted by atomic mass is 10.4. The number of rotatable bonds is 3. The maximum Gasteiger partial charge on any atom is 0.288 e. The second kappa shape index (κ2) is 6.26. The Kier molecular flexibility index (Phi) is 5.38. The molecule has 2 N–H and O–H groups in total. The lowest BCUT2D eigenvalue weighted by Crippen LogP contribution is -2.13. The van der Waals surface area contributed by atoms with Crippen LogP contribution in [-0.4, -0.2) is 34.6 Å². The second-order valence-corrected chi connectivity index (χ2v) is 9.04. The van der Waals surface area contributed by atoms with E-state index in [2.05, 4.69) is 3.77 Å². The third-order valence-corrected chi connectivity index (χ3v) is 7.03. The van der Waals surface area contributed by atoms with E-state index in [1.54, 1.807) is 0 Å². The number of hydrogen-bond acceptors (Lipinski definition) is 6. The van der Waals surface area contributed by atoms with Gasteiger partial charge in [0.1, 0.15) is 0 Å². The van der Waals surface area contributed by atoms with Crippen molar-refractivity contribution in [2.24, 2.45) is 8.91 Å². The molecule has 0 aliphatic rings. The zero-order chi connectivity index (χ0) is 15.6. The summed E-state index contributed by atoms with van der Waals surface area (Å²) in [5.41, 5.74) is 0. The summed E-state index contributed by atoms with van der Waals surface area (Å²) in [6.45, 7) is 0. The SMILES string of the molecule is COC(=S)S(C)=NS(=O)(=O)c1cccc(S(N)(=O)=O)c1. The van der Waals surface area contributed by atoms with Gasteiger partial charge in [-0.05, 0) is 41.1 Å². The Morgan fingerprint density at radius 3 is 2.35 bits per heavy atom. The fourth-order valence-corrected chi connectivity index (χ4v) is 4.59. The minimum absolute atomic E-state index is 0.0381. The van der Waals surface area contributed by atoms with Gasteiger partial charge in [0, 0.05) is 6.26 Å². The van der Waals surface area contributed by atoms with Gasteiger partial charge < -0.3 is 4.74 Å². The van der Waals surface area contributed by atoms with E-state index in [0.29, 0.717) is 0 Å². The van der Waals surface area contributed by atoms with Gasteiger partial charge >= 0.3 is 0 Å². The summed E-state index contributed by atoms with van der Waals surface area (Å²) in [7, 11) is -7.87. The Bertz CT molecular complexity index is 767. The van der Waals surface area contributed by atoms with E-state index in [-0.39, 0.29) is 14.2 Å². The van der Waals surface area contributed by atoms with Crippen molar-refractivity contribution in [3.63, 3.8) is 0 Å². The van der Waals surface area contributed by atoms with E-state index >= 15 is 0 Å². The number of ether oxygens (including phenoxy) is 1. The van der Waals surface area contributed by atoms with Crippen LogP contribution in [-0.2, 0) is 35.5 Å². The summed E-state index contributed by atoms with van der Waals surface area (Å²) < 4.78 is 54.8. The van der Waals surface area contributed by atoms with Crippen LogP contribution in [0, 0.1) is 0 Å². The highest BCUT2D eigenvalue weighted by atomic mass is 32.3. The molecule has 0 saturated carbocycles. The number of hydrogen-bond donors (Lipinski definition) is 1. The largest absolute Gasteiger partial charge is 0.481 e. The number of primary sulfonamides is 1. The van der Waals surface area contributed by atoms with E-state index in [1.807, 2.05) is 0 Å². The first-order valence-electron chi connectivity index (χ1n) is 4.93. The van der Waals surface area contributed by atoms with E-state index in [0.717, 1.165) is 6.07 Å². The molecule has 0 aliphatic heterocycles.